The van der Waals surface area contributed by atoms with Crippen molar-refractivity contribution < 1.29 is 13.2 Å². The fraction of sp³-hybridized carbons (Fsp3) is 0.909. The topological polar surface area (TPSA) is 75.3 Å². The lowest BCUT2D eigenvalue weighted by molar-refractivity contribution is -0.122. The second-order valence-electron chi connectivity index (χ2n) is 4.41. The normalized spacial score (nSPS) is 15.8. The van der Waals surface area contributed by atoms with E-state index in [1.54, 1.807) is 6.92 Å². The number of hydrogen-bond donors (Lipinski definition) is 2. The van der Waals surface area contributed by atoms with Crippen molar-refractivity contribution in [1.82, 2.24) is 10.6 Å². The maximum Gasteiger partial charge on any atom is 0.223 e. The molecule has 0 aromatic heterocycles. The summed E-state index contributed by atoms with van der Waals surface area (Å²) in [5.74, 6) is 0.861. The molecule has 17 heavy (non-hydrogen) atoms. The zero-order valence-electron chi connectivity index (χ0n) is 10.4. The fourth-order valence-corrected chi connectivity index (χ4v) is 2.32. The summed E-state index contributed by atoms with van der Waals surface area (Å²) in [4.78, 5) is 11.2. The number of hydrogen-bond acceptors (Lipinski definition) is 4. The van der Waals surface area contributed by atoms with Crippen LogP contribution in [-0.4, -0.2) is 45.5 Å². The van der Waals surface area contributed by atoms with Gasteiger partial charge in [0, 0.05) is 24.8 Å². The molecule has 0 unspecified atom stereocenters. The first kappa shape index (κ1) is 14.4. The molecule has 0 heterocycles. The van der Waals surface area contributed by atoms with Crippen LogP contribution in [0.2, 0.25) is 0 Å². The summed E-state index contributed by atoms with van der Waals surface area (Å²) in [6.45, 7) is 3.66. The van der Waals surface area contributed by atoms with Crippen molar-refractivity contribution in [2.75, 3.05) is 31.1 Å². The molecule has 0 aromatic rings. The van der Waals surface area contributed by atoms with Crippen LogP contribution in [0.1, 0.15) is 26.2 Å². The molecule has 0 saturated heterocycles. The van der Waals surface area contributed by atoms with Crippen LogP contribution in [0.3, 0.4) is 0 Å². The molecular weight excluding hydrogens is 240 g/mol. The molecule has 0 atom stereocenters. The summed E-state index contributed by atoms with van der Waals surface area (Å²) >= 11 is 0. The van der Waals surface area contributed by atoms with E-state index in [-0.39, 0.29) is 23.3 Å². The smallest absolute Gasteiger partial charge is 0.223 e. The average molecular weight is 262 g/mol. The molecule has 0 aromatic carbocycles. The molecule has 1 fully saturated rings. The van der Waals surface area contributed by atoms with Crippen LogP contribution in [-0.2, 0) is 14.6 Å². The monoisotopic (exact) mass is 262 g/mol. The highest BCUT2D eigenvalue weighted by molar-refractivity contribution is 7.91. The molecule has 5 nitrogen and oxygen atoms in total. The van der Waals surface area contributed by atoms with Crippen molar-refractivity contribution in [2.24, 2.45) is 5.92 Å². The van der Waals surface area contributed by atoms with Gasteiger partial charge in [0.05, 0.1) is 5.75 Å². The number of amides is 1. The van der Waals surface area contributed by atoms with Gasteiger partial charge in [-0.25, -0.2) is 8.42 Å². The molecule has 2 N–H and O–H groups in total. The molecule has 0 bridgehead atoms. The third kappa shape index (κ3) is 6.63. The van der Waals surface area contributed by atoms with Crippen LogP contribution >= 0.6 is 0 Å². The highest BCUT2D eigenvalue weighted by atomic mass is 32.2. The molecule has 6 heteroatoms. The van der Waals surface area contributed by atoms with Crippen molar-refractivity contribution in [1.29, 1.82) is 0 Å². The minimum absolute atomic E-state index is 0.153. The van der Waals surface area contributed by atoms with E-state index in [1.165, 1.54) is 0 Å². The van der Waals surface area contributed by atoms with Gasteiger partial charge in [0.25, 0.3) is 0 Å². The summed E-state index contributed by atoms with van der Waals surface area (Å²) in [5, 5.41) is 5.96. The summed E-state index contributed by atoms with van der Waals surface area (Å²) in [6, 6.07) is 0. The first-order valence-corrected chi connectivity index (χ1v) is 8.06. The Balaban J connectivity index is 1.89. The molecule has 0 aliphatic heterocycles. The van der Waals surface area contributed by atoms with Crippen LogP contribution in [0.4, 0.5) is 0 Å². The number of sulfone groups is 1. The number of rotatable bonds is 9. The second-order valence-corrected chi connectivity index (χ2v) is 6.88. The zero-order chi connectivity index (χ0) is 12.7. The Hall–Kier alpha value is -0.620. The van der Waals surface area contributed by atoms with E-state index < -0.39 is 9.84 Å². The van der Waals surface area contributed by atoms with Gasteiger partial charge in [-0.3, -0.25) is 4.79 Å². The Morgan fingerprint density at radius 1 is 1.24 bits per heavy atom. The van der Waals surface area contributed by atoms with Crippen LogP contribution < -0.4 is 10.6 Å². The van der Waals surface area contributed by atoms with Gasteiger partial charge >= 0.3 is 0 Å². The lowest BCUT2D eigenvalue weighted by Crippen LogP contribution is -2.33. The van der Waals surface area contributed by atoms with Crippen LogP contribution in [0, 0.1) is 5.92 Å². The Bertz CT molecular complexity index is 337. The molecule has 0 spiro atoms. The third-order valence-electron chi connectivity index (χ3n) is 2.80. The van der Waals surface area contributed by atoms with Crippen molar-refractivity contribution in [2.45, 2.75) is 26.2 Å². The van der Waals surface area contributed by atoms with Gasteiger partial charge < -0.3 is 10.6 Å². The fourth-order valence-electron chi connectivity index (χ4n) is 1.45. The first-order valence-electron chi connectivity index (χ1n) is 6.24. The van der Waals surface area contributed by atoms with E-state index in [9.17, 15) is 13.2 Å². The Kier molecular flexibility index (Phi) is 5.91. The zero-order valence-corrected chi connectivity index (χ0v) is 11.2. The summed E-state index contributed by atoms with van der Waals surface area (Å²) < 4.78 is 22.3. The number of carbonyl (C=O) groups excluding carboxylic acids is 1. The minimum Gasteiger partial charge on any atom is -0.355 e. The summed E-state index contributed by atoms with van der Waals surface area (Å²) in [6.07, 6.45) is 2.68. The molecule has 1 saturated carbocycles. The Morgan fingerprint density at radius 2 is 1.94 bits per heavy atom. The molecule has 1 amide bonds. The Morgan fingerprint density at radius 3 is 2.53 bits per heavy atom. The molecule has 1 aliphatic carbocycles. The van der Waals surface area contributed by atoms with Gasteiger partial charge in [0.2, 0.25) is 5.91 Å². The van der Waals surface area contributed by atoms with Gasteiger partial charge in [-0.1, -0.05) is 6.92 Å². The molecule has 100 valence electrons. The van der Waals surface area contributed by atoms with E-state index in [4.69, 9.17) is 0 Å². The van der Waals surface area contributed by atoms with E-state index in [1.807, 2.05) is 0 Å². The van der Waals surface area contributed by atoms with E-state index in [2.05, 4.69) is 10.6 Å². The van der Waals surface area contributed by atoms with Crippen molar-refractivity contribution in [3.05, 3.63) is 0 Å². The second kappa shape index (κ2) is 6.96. The van der Waals surface area contributed by atoms with Crippen molar-refractivity contribution in [3.63, 3.8) is 0 Å². The van der Waals surface area contributed by atoms with Gasteiger partial charge in [-0.2, -0.15) is 0 Å². The molecule has 0 radical (unpaired) electrons. The maximum atomic E-state index is 11.2. The maximum absolute atomic E-state index is 11.2. The lowest BCUT2D eigenvalue weighted by Gasteiger charge is -2.06. The first-order chi connectivity index (χ1) is 8.05. The van der Waals surface area contributed by atoms with E-state index in [0.717, 1.165) is 12.8 Å². The summed E-state index contributed by atoms with van der Waals surface area (Å²) in [5.41, 5.74) is 0. The van der Waals surface area contributed by atoms with Crippen LogP contribution in [0.15, 0.2) is 0 Å². The van der Waals surface area contributed by atoms with Crippen LogP contribution in [0.5, 0.6) is 0 Å². The Labute approximate surface area is 103 Å². The highest BCUT2D eigenvalue weighted by Crippen LogP contribution is 2.28. The average Bonchev–Trinajstić information content (AvgIpc) is 3.11. The number of nitrogens with one attached hydrogen (secondary N) is 2. The largest absolute Gasteiger partial charge is 0.355 e. The van der Waals surface area contributed by atoms with Gasteiger partial charge in [-0.05, 0) is 25.8 Å². The van der Waals surface area contributed by atoms with E-state index >= 15 is 0 Å². The predicted molar refractivity (Wildman–Crippen MR) is 67.5 cm³/mol. The van der Waals surface area contributed by atoms with Gasteiger partial charge in [0.1, 0.15) is 9.84 Å². The standard InChI is InChI=1S/C11H22N2O3S/c1-2-17(15,16)9-3-6-12-7-8-13-11(14)10-4-5-10/h10,12H,2-9H2,1H3,(H,13,14). The third-order valence-corrected chi connectivity index (χ3v) is 4.59. The van der Waals surface area contributed by atoms with Crippen molar-refractivity contribution in [3.8, 4) is 0 Å². The minimum atomic E-state index is -2.84. The van der Waals surface area contributed by atoms with Crippen LogP contribution in [0.25, 0.3) is 0 Å². The molecule has 1 aliphatic rings. The quantitative estimate of drug-likeness (QED) is 0.570. The van der Waals surface area contributed by atoms with Gasteiger partial charge in [0.15, 0.2) is 0 Å². The predicted octanol–water partition coefficient (Wildman–Crippen LogP) is -0.0730. The summed E-state index contributed by atoms with van der Waals surface area (Å²) in [7, 11) is -2.84. The van der Waals surface area contributed by atoms with E-state index in [0.29, 0.717) is 26.1 Å². The lowest BCUT2D eigenvalue weighted by atomic mass is 10.4. The van der Waals surface area contributed by atoms with Crippen molar-refractivity contribution >= 4 is 15.7 Å². The number of carbonyl (C=O) groups is 1. The van der Waals surface area contributed by atoms with Gasteiger partial charge in [-0.15, -0.1) is 0 Å². The molecule has 1 rings (SSSR count). The SMILES string of the molecule is CCS(=O)(=O)CCCNCCNC(=O)C1CC1. The molecular formula is C11H22N2O3S. The highest BCUT2D eigenvalue weighted by Gasteiger charge is 2.28.